The van der Waals surface area contributed by atoms with Gasteiger partial charge in [-0.15, -0.1) is 10.2 Å². The lowest BCUT2D eigenvalue weighted by Gasteiger charge is -2.24. The van der Waals surface area contributed by atoms with Crippen LogP contribution >= 0.6 is 0 Å². The molecule has 0 saturated carbocycles. The van der Waals surface area contributed by atoms with E-state index in [2.05, 4.69) is 15.3 Å². The van der Waals surface area contributed by atoms with Crippen molar-refractivity contribution < 1.29 is 4.79 Å². The lowest BCUT2D eigenvalue weighted by Crippen LogP contribution is -2.38. The first kappa shape index (κ1) is 15.5. The third kappa shape index (κ3) is 3.33. The Labute approximate surface area is 135 Å². The Morgan fingerprint density at radius 3 is 2.78 bits per heavy atom. The van der Waals surface area contributed by atoms with Gasteiger partial charge in [-0.2, -0.15) is 5.10 Å². The van der Waals surface area contributed by atoms with Gasteiger partial charge < -0.3 is 9.80 Å². The van der Waals surface area contributed by atoms with E-state index < -0.39 is 0 Å². The number of hydrogen-bond donors (Lipinski definition) is 0. The van der Waals surface area contributed by atoms with E-state index in [1.807, 2.05) is 54.0 Å². The molecule has 1 atom stereocenters. The van der Waals surface area contributed by atoms with Crippen LogP contribution in [0.25, 0.3) is 0 Å². The van der Waals surface area contributed by atoms with Crippen LogP contribution in [0, 0.1) is 6.92 Å². The highest BCUT2D eigenvalue weighted by atomic mass is 16.2. The van der Waals surface area contributed by atoms with Gasteiger partial charge in [-0.1, -0.05) is 0 Å². The molecule has 2 aromatic heterocycles. The van der Waals surface area contributed by atoms with Crippen LogP contribution in [-0.4, -0.2) is 57.5 Å². The lowest BCUT2D eigenvalue weighted by molar-refractivity contribution is 0.0714. The maximum Gasteiger partial charge on any atom is 0.274 e. The van der Waals surface area contributed by atoms with Crippen molar-refractivity contribution in [1.29, 1.82) is 0 Å². The first-order valence-corrected chi connectivity index (χ1v) is 7.85. The maximum atomic E-state index is 12.7. The third-order valence-electron chi connectivity index (χ3n) is 4.13. The van der Waals surface area contributed by atoms with Crippen molar-refractivity contribution in [2.45, 2.75) is 32.4 Å². The van der Waals surface area contributed by atoms with Crippen molar-refractivity contribution >= 4 is 11.7 Å². The smallest absolute Gasteiger partial charge is 0.274 e. The molecule has 0 aliphatic carbocycles. The molecule has 0 spiro atoms. The highest BCUT2D eigenvalue weighted by molar-refractivity contribution is 5.92. The highest BCUT2D eigenvalue weighted by Gasteiger charge is 2.30. The molecule has 3 rings (SSSR count). The van der Waals surface area contributed by atoms with Crippen LogP contribution in [0.15, 0.2) is 24.5 Å². The maximum absolute atomic E-state index is 12.7. The van der Waals surface area contributed by atoms with E-state index in [0.717, 1.165) is 37.3 Å². The number of carbonyl (C=O) groups is 1. The Bertz CT molecular complexity index is 678. The number of likely N-dealkylation sites (tertiary alicyclic amines) is 1. The van der Waals surface area contributed by atoms with Gasteiger partial charge in [0.15, 0.2) is 11.5 Å². The Morgan fingerprint density at radius 2 is 2.17 bits per heavy atom. The van der Waals surface area contributed by atoms with E-state index in [0.29, 0.717) is 5.69 Å². The minimum absolute atomic E-state index is 0.0471. The van der Waals surface area contributed by atoms with Crippen molar-refractivity contribution in [3.63, 3.8) is 0 Å². The second-order valence-corrected chi connectivity index (χ2v) is 6.21. The zero-order valence-electron chi connectivity index (χ0n) is 13.8. The van der Waals surface area contributed by atoms with Gasteiger partial charge in [0.25, 0.3) is 5.91 Å². The highest BCUT2D eigenvalue weighted by Crippen LogP contribution is 2.21. The predicted molar refractivity (Wildman–Crippen MR) is 87.4 cm³/mol. The average molecular weight is 314 g/mol. The van der Waals surface area contributed by atoms with Gasteiger partial charge in [-0.05, 0) is 37.5 Å². The van der Waals surface area contributed by atoms with Crippen molar-refractivity contribution in [2.24, 2.45) is 0 Å². The van der Waals surface area contributed by atoms with Crippen LogP contribution in [-0.2, 0) is 6.54 Å². The van der Waals surface area contributed by atoms with Crippen molar-refractivity contribution in [1.82, 2.24) is 24.9 Å². The Balaban J connectivity index is 1.72. The number of amides is 1. The summed E-state index contributed by atoms with van der Waals surface area (Å²) in [4.78, 5) is 16.5. The monoisotopic (exact) mass is 314 g/mol. The van der Waals surface area contributed by atoms with Crippen LogP contribution in [0.2, 0.25) is 0 Å². The summed E-state index contributed by atoms with van der Waals surface area (Å²) in [5, 5.41) is 12.5. The van der Waals surface area contributed by atoms with Gasteiger partial charge in [-0.25, -0.2) is 0 Å². The number of anilines is 1. The molecular formula is C16H22N6O. The molecule has 1 fully saturated rings. The number of rotatable bonds is 4. The fraction of sp³-hybridized carbons (Fsp3) is 0.500. The average Bonchev–Trinajstić information content (AvgIpc) is 3.16. The summed E-state index contributed by atoms with van der Waals surface area (Å²) in [6, 6.07) is 3.73. The number of aromatic nitrogens is 4. The summed E-state index contributed by atoms with van der Waals surface area (Å²) in [6.07, 6.45) is 5.85. The van der Waals surface area contributed by atoms with E-state index in [1.165, 1.54) is 0 Å². The van der Waals surface area contributed by atoms with E-state index >= 15 is 0 Å². The molecule has 0 N–H and O–H groups in total. The molecule has 1 aliphatic rings. The summed E-state index contributed by atoms with van der Waals surface area (Å²) in [7, 11) is 3.79. The Morgan fingerprint density at radius 1 is 1.35 bits per heavy atom. The van der Waals surface area contributed by atoms with Crippen molar-refractivity contribution in [3.8, 4) is 0 Å². The van der Waals surface area contributed by atoms with Crippen molar-refractivity contribution in [3.05, 3.63) is 35.8 Å². The summed E-state index contributed by atoms with van der Waals surface area (Å²) >= 11 is 0. The first-order chi connectivity index (χ1) is 11.0. The minimum atomic E-state index is -0.0471. The molecule has 0 radical (unpaired) electrons. The summed E-state index contributed by atoms with van der Waals surface area (Å²) < 4.78 is 1.91. The molecule has 7 nitrogen and oxygen atoms in total. The summed E-state index contributed by atoms with van der Waals surface area (Å²) in [5.74, 6) is 0.695. The molecule has 1 saturated heterocycles. The number of nitrogens with zero attached hydrogens (tertiary/aromatic N) is 6. The SMILES string of the molecule is Cc1cnn(CC2CCCN2C(=O)c2ccc(N(C)C)nn2)c1. The molecule has 1 amide bonds. The zero-order valence-corrected chi connectivity index (χ0v) is 13.8. The van der Waals surface area contributed by atoms with Crippen LogP contribution in [0.1, 0.15) is 28.9 Å². The first-order valence-electron chi connectivity index (χ1n) is 7.85. The van der Waals surface area contributed by atoms with Gasteiger partial charge in [0.05, 0.1) is 18.8 Å². The second kappa shape index (κ2) is 6.36. The zero-order chi connectivity index (χ0) is 16.4. The van der Waals surface area contributed by atoms with E-state index in [-0.39, 0.29) is 11.9 Å². The second-order valence-electron chi connectivity index (χ2n) is 6.21. The van der Waals surface area contributed by atoms with Crippen LogP contribution in [0.4, 0.5) is 5.82 Å². The standard InChI is InChI=1S/C16H22N6O/c1-12-9-17-21(10-12)11-13-5-4-8-22(13)16(23)14-6-7-15(19-18-14)20(2)3/h6-7,9-10,13H,4-5,8,11H2,1-3H3. The molecule has 122 valence electrons. The molecule has 3 heterocycles. The number of carbonyl (C=O) groups excluding carboxylic acids is 1. The molecule has 0 bridgehead atoms. The van der Waals surface area contributed by atoms with E-state index in [1.54, 1.807) is 6.07 Å². The van der Waals surface area contributed by atoms with Gasteiger partial charge in [0.2, 0.25) is 0 Å². The normalized spacial score (nSPS) is 17.5. The van der Waals surface area contributed by atoms with Crippen LogP contribution < -0.4 is 4.90 Å². The fourth-order valence-electron chi connectivity index (χ4n) is 2.90. The predicted octanol–water partition coefficient (Wildman–Crippen LogP) is 1.35. The van der Waals surface area contributed by atoms with Gasteiger partial charge in [-0.3, -0.25) is 9.48 Å². The lowest BCUT2D eigenvalue weighted by atomic mass is 10.2. The summed E-state index contributed by atoms with van der Waals surface area (Å²) in [6.45, 7) is 3.51. The molecule has 1 unspecified atom stereocenters. The molecule has 7 heteroatoms. The van der Waals surface area contributed by atoms with E-state index in [4.69, 9.17) is 0 Å². The van der Waals surface area contributed by atoms with Gasteiger partial charge in [0, 0.05) is 26.8 Å². The van der Waals surface area contributed by atoms with Crippen LogP contribution in [0.3, 0.4) is 0 Å². The largest absolute Gasteiger partial charge is 0.361 e. The van der Waals surface area contributed by atoms with Gasteiger partial charge in [0.1, 0.15) is 0 Å². The van der Waals surface area contributed by atoms with Gasteiger partial charge >= 0.3 is 0 Å². The number of hydrogen-bond acceptors (Lipinski definition) is 5. The van der Waals surface area contributed by atoms with Crippen LogP contribution in [0.5, 0.6) is 0 Å². The molecular weight excluding hydrogens is 292 g/mol. The molecule has 0 aromatic carbocycles. The minimum Gasteiger partial charge on any atom is -0.361 e. The number of aryl methyl sites for hydroxylation is 1. The summed E-state index contributed by atoms with van der Waals surface area (Å²) in [5.41, 5.74) is 1.53. The molecule has 1 aliphatic heterocycles. The Hall–Kier alpha value is -2.44. The molecule has 2 aromatic rings. The molecule has 23 heavy (non-hydrogen) atoms. The van der Waals surface area contributed by atoms with Crippen molar-refractivity contribution in [2.75, 3.05) is 25.5 Å². The topological polar surface area (TPSA) is 67.2 Å². The third-order valence-corrected chi connectivity index (χ3v) is 4.13. The Kier molecular flexibility index (Phi) is 4.27. The van der Waals surface area contributed by atoms with E-state index in [9.17, 15) is 4.79 Å². The fourth-order valence-corrected chi connectivity index (χ4v) is 2.90. The quantitative estimate of drug-likeness (QED) is 0.852.